The average Bonchev–Trinajstić information content (AvgIpc) is 2.61. The fraction of sp³-hybridized carbons (Fsp3) is 0.944. The van der Waals surface area contributed by atoms with Gasteiger partial charge in [-0.05, 0) is 58.2 Å². The summed E-state index contributed by atoms with van der Waals surface area (Å²) in [7, 11) is 1.96. The predicted octanol–water partition coefficient (Wildman–Crippen LogP) is 1.47. The van der Waals surface area contributed by atoms with Crippen LogP contribution in [0, 0.1) is 5.92 Å². The molecule has 1 saturated heterocycles. The lowest BCUT2D eigenvalue weighted by Gasteiger charge is -2.40. The van der Waals surface area contributed by atoms with E-state index in [1.807, 2.05) is 7.05 Å². The number of hydrogen-bond donors (Lipinski definition) is 6. The second kappa shape index (κ2) is 11.6. The van der Waals surface area contributed by atoms with Crippen molar-refractivity contribution in [3.05, 3.63) is 0 Å². The van der Waals surface area contributed by atoms with Gasteiger partial charge >= 0.3 is 6.03 Å². The van der Waals surface area contributed by atoms with Gasteiger partial charge in [-0.3, -0.25) is 10.6 Å². The van der Waals surface area contributed by atoms with E-state index >= 15 is 0 Å². The van der Waals surface area contributed by atoms with Crippen LogP contribution in [0.5, 0.6) is 0 Å². The number of urea groups is 1. The van der Waals surface area contributed by atoms with Gasteiger partial charge in [0.25, 0.3) is 0 Å². The second-order valence-corrected chi connectivity index (χ2v) is 9.10. The van der Waals surface area contributed by atoms with E-state index in [0.717, 1.165) is 38.8 Å². The van der Waals surface area contributed by atoms with Crippen molar-refractivity contribution in [3.8, 4) is 0 Å². The van der Waals surface area contributed by atoms with Gasteiger partial charge in [-0.2, -0.15) is 0 Å². The van der Waals surface area contributed by atoms with Crippen LogP contribution in [0.2, 0.25) is 0 Å². The zero-order valence-corrected chi connectivity index (χ0v) is 18.2. The Morgan fingerprint density at radius 2 is 1.85 bits per heavy atom. The van der Waals surface area contributed by atoms with E-state index in [2.05, 4.69) is 45.7 Å². The molecule has 0 aromatic rings. The van der Waals surface area contributed by atoms with Crippen molar-refractivity contribution in [1.82, 2.24) is 31.9 Å². The molecule has 0 radical (unpaired) electrons. The molecule has 0 spiro atoms. The van der Waals surface area contributed by atoms with Crippen molar-refractivity contribution in [1.29, 1.82) is 0 Å². The molecule has 2 amide bonds. The molecule has 2 aliphatic rings. The molecule has 6 unspecified atom stereocenters. The van der Waals surface area contributed by atoms with Gasteiger partial charge in [-0.15, -0.1) is 23.2 Å². The lowest BCUT2D eigenvalue weighted by atomic mass is 9.94. The molecule has 0 aromatic heterocycles. The Kier molecular flexibility index (Phi) is 9.90. The molecule has 1 aliphatic carbocycles. The van der Waals surface area contributed by atoms with Crippen molar-refractivity contribution in [3.63, 3.8) is 0 Å². The SMILES string of the molecule is CNCCCNC1CC(C(C)C)NC(NC(=O)NC2CCC(Cl)C(Cl)C2)N1. The van der Waals surface area contributed by atoms with Crippen molar-refractivity contribution < 1.29 is 4.79 Å². The number of halogens is 2. The third-order valence-corrected chi connectivity index (χ3v) is 6.47. The summed E-state index contributed by atoms with van der Waals surface area (Å²) in [4.78, 5) is 12.4. The summed E-state index contributed by atoms with van der Waals surface area (Å²) >= 11 is 12.4. The van der Waals surface area contributed by atoms with Gasteiger partial charge in [0.2, 0.25) is 0 Å². The first-order valence-electron chi connectivity index (χ1n) is 10.1. The lowest BCUT2D eigenvalue weighted by molar-refractivity contribution is 0.160. The molecule has 1 aliphatic heterocycles. The standard InChI is InChI=1S/C18H36Cl2N6O/c1-11(2)15-10-16(22-8-4-7-21-3)25-17(24-15)26-18(27)23-12-5-6-13(19)14(20)9-12/h11-17,21-22,24-25H,4-10H2,1-3H3,(H2,23,26,27). The molecule has 6 atom stereocenters. The molecular weight excluding hydrogens is 387 g/mol. The maximum Gasteiger partial charge on any atom is 0.317 e. The fourth-order valence-corrected chi connectivity index (χ4v) is 4.22. The Balaban J connectivity index is 1.80. The van der Waals surface area contributed by atoms with E-state index in [0.29, 0.717) is 18.4 Å². The summed E-state index contributed by atoms with van der Waals surface area (Å²) in [5.41, 5.74) is 0. The maximum atomic E-state index is 12.4. The highest BCUT2D eigenvalue weighted by atomic mass is 35.5. The zero-order chi connectivity index (χ0) is 19.8. The first kappa shape index (κ1) is 23.0. The Labute approximate surface area is 173 Å². The average molecular weight is 423 g/mol. The third-order valence-electron chi connectivity index (χ3n) is 5.34. The summed E-state index contributed by atoms with van der Waals surface area (Å²) in [5, 5.41) is 19.6. The molecule has 158 valence electrons. The Morgan fingerprint density at radius 1 is 1.07 bits per heavy atom. The first-order valence-corrected chi connectivity index (χ1v) is 11.0. The molecule has 2 rings (SSSR count). The van der Waals surface area contributed by atoms with E-state index in [4.69, 9.17) is 23.2 Å². The molecule has 9 heteroatoms. The normalized spacial score (nSPS) is 34.4. The van der Waals surface area contributed by atoms with Crippen LogP contribution in [0.1, 0.15) is 46.0 Å². The number of carbonyl (C=O) groups excluding carboxylic acids is 1. The van der Waals surface area contributed by atoms with E-state index in [1.165, 1.54) is 0 Å². The summed E-state index contributed by atoms with van der Waals surface area (Å²) in [6.07, 6.45) is 4.33. The number of rotatable bonds is 8. The van der Waals surface area contributed by atoms with Gasteiger partial charge in [0.05, 0.1) is 16.9 Å². The van der Waals surface area contributed by atoms with E-state index < -0.39 is 0 Å². The Hall–Kier alpha value is -0.310. The summed E-state index contributed by atoms with van der Waals surface area (Å²) < 4.78 is 0. The van der Waals surface area contributed by atoms with Crippen molar-refractivity contribution >= 4 is 29.2 Å². The Bertz CT molecular complexity index is 456. The van der Waals surface area contributed by atoms with Crippen LogP contribution in [0.4, 0.5) is 4.79 Å². The molecule has 0 bridgehead atoms. The highest BCUT2D eigenvalue weighted by molar-refractivity contribution is 6.30. The lowest BCUT2D eigenvalue weighted by Crippen LogP contribution is -2.69. The van der Waals surface area contributed by atoms with Crippen LogP contribution in [-0.4, -0.2) is 61.5 Å². The highest BCUT2D eigenvalue weighted by Crippen LogP contribution is 2.27. The topological polar surface area (TPSA) is 89.2 Å². The number of carbonyl (C=O) groups is 1. The van der Waals surface area contributed by atoms with Gasteiger partial charge in [-0.1, -0.05) is 13.8 Å². The van der Waals surface area contributed by atoms with E-state index in [-0.39, 0.29) is 35.3 Å². The van der Waals surface area contributed by atoms with Gasteiger partial charge < -0.3 is 21.3 Å². The maximum absolute atomic E-state index is 12.4. The van der Waals surface area contributed by atoms with Crippen molar-refractivity contribution in [2.45, 2.75) is 81.2 Å². The summed E-state index contributed by atoms with van der Waals surface area (Å²) in [6, 6.07) is 0.222. The number of amides is 2. The molecule has 1 saturated carbocycles. The fourth-order valence-electron chi connectivity index (χ4n) is 3.65. The smallest absolute Gasteiger partial charge is 0.317 e. The van der Waals surface area contributed by atoms with Crippen molar-refractivity contribution in [2.75, 3.05) is 20.1 Å². The van der Waals surface area contributed by atoms with Crippen LogP contribution in [-0.2, 0) is 0 Å². The Morgan fingerprint density at radius 3 is 2.52 bits per heavy atom. The molecule has 6 N–H and O–H groups in total. The van der Waals surface area contributed by atoms with Crippen LogP contribution in [0.25, 0.3) is 0 Å². The van der Waals surface area contributed by atoms with Crippen LogP contribution < -0.4 is 31.9 Å². The largest absolute Gasteiger partial charge is 0.335 e. The minimum atomic E-state index is -0.274. The first-order chi connectivity index (χ1) is 12.9. The number of alkyl halides is 2. The molecule has 27 heavy (non-hydrogen) atoms. The summed E-state index contributed by atoms with van der Waals surface area (Å²) in [6.45, 7) is 6.32. The quantitative estimate of drug-likeness (QED) is 0.263. The zero-order valence-electron chi connectivity index (χ0n) is 16.7. The molecule has 0 aromatic carbocycles. The van der Waals surface area contributed by atoms with Gasteiger partial charge in [0.15, 0.2) is 0 Å². The van der Waals surface area contributed by atoms with E-state index in [1.54, 1.807) is 0 Å². The van der Waals surface area contributed by atoms with E-state index in [9.17, 15) is 4.79 Å². The van der Waals surface area contributed by atoms with Gasteiger partial charge in [0, 0.05) is 12.1 Å². The van der Waals surface area contributed by atoms with Crippen LogP contribution in [0.15, 0.2) is 0 Å². The molecule has 2 fully saturated rings. The second-order valence-electron chi connectivity index (χ2n) is 7.98. The third kappa shape index (κ3) is 7.91. The number of nitrogens with one attached hydrogen (secondary N) is 6. The van der Waals surface area contributed by atoms with Crippen LogP contribution >= 0.6 is 23.2 Å². The molecular formula is C18H36Cl2N6O. The number of hydrogen-bond acceptors (Lipinski definition) is 5. The molecule has 1 heterocycles. The predicted molar refractivity (Wildman–Crippen MR) is 112 cm³/mol. The van der Waals surface area contributed by atoms with Gasteiger partial charge in [0.1, 0.15) is 6.29 Å². The highest BCUT2D eigenvalue weighted by Gasteiger charge is 2.31. The molecule has 7 nitrogen and oxygen atoms in total. The summed E-state index contributed by atoms with van der Waals surface area (Å²) in [5.74, 6) is 0.483. The monoisotopic (exact) mass is 422 g/mol. The van der Waals surface area contributed by atoms with Gasteiger partial charge in [-0.25, -0.2) is 4.79 Å². The van der Waals surface area contributed by atoms with Crippen molar-refractivity contribution in [2.24, 2.45) is 5.92 Å². The van der Waals surface area contributed by atoms with Crippen LogP contribution in [0.3, 0.4) is 0 Å². The minimum absolute atomic E-state index is 0.00371. The minimum Gasteiger partial charge on any atom is -0.335 e.